The fourth-order valence-corrected chi connectivity index (χ4v) is 2.36. The Hall–Kier alpha value is -2.08. The highest BCUT2D eigenvalue weighted by Gasteiger charge is 2.10. The first-order chi connectivity index (χ1) is 10.5. The van der Waals surface area contributed by atoms with Gasteiger partial charge in [0.25, 0.3) is 11.8 Å². The number of halogens is 1. The van der Waals surface area contributed by atoms with Gasteiger partial charge in [0.05, 0.1) is 0 Å². The Balaban J connectivity index is 1.90. The molecular weight excluding hydrogens is 346 g/mol. The molecule has 2 amide bonds. The number of hydrogen-bond donors (Lipinski definition) is 3. The Labute approximate surface area is 137 Å². The van der Waals surface area contributed by atoms with E-state index in [1.807, 2.05) is 12.1 Å². The second-order valence-electron chi connectivity index (χ2n) is 5.43. The van der Waals surface area contributed by atoms with Crippen LogP contribution in [0.2, 0.25) is 0 Å². The third-order valence-corrected chi connectivity index (χ3v) is 3.50. The number of nitrogens with one attached hydrogen (secondary N) is 3. The molecule has 1 aromatic carbocycles. The van der Waals surface area contributed by atoms with Crippen molar-refractivity contribution in [3.05, 3.63) is 57.8 Å². The minimum absolute atomic E-state index is 0.352. The van der Waals surface area contributed by atoms with E-state index in [1.165, 1.54) is 5.56 Å². The zero-order valence-electron chi connectivity index (χ0n) is 12.4. The normalized spacial score (nSPS) is 10.5. The van der Waals surface area contributed by atoms with Crippen LogP contribution in [-0.4, -0.2) is 16.8 Å². The lowest BCUT2D eigenvalue weighted by Gasteiger charge is -2.08. The lowest BCUT2D eigenvalue weighted by Crippen LogP contribution is -2.41. The molecule has 0 atom stereocenters. The van der Waals surface area contributed by atoms with E-state index in [9.17, 15) is 9.59 Å². The maximum Gasteiger partial charge on any atom is 0.286 e. The molecule has 2 rings (SSSR count). The number of H-pyrrole nitrogens is 1. The maximum absolute atomic E-state index is 12.0. The summed E-state index contributed by atoms with van der Waals surface area (Å²) in [4.78, 5) is 26.5. The summed E-state index contributed by atoms with van der Waals surface area (Å²) in [6.07, 6.45) is 2.62. The van der Waals surface area contributed by atoms with Crippen LogP contribution in [0.1, 0.15) is 40.3 Å². The van der Waals surface area contributed by atoms with Gasteiger partial charge >= 0.3 is 0 Å². The third kappa shape index (κ3) is 4.46. The summed E-state index contributed by atoms with van der Waals surface area (Å²) in [7, 11) is 0. The first-order valence-corrected chi connectivity index (χ1v) is 7.78. The second kappa shape index (κ2) is 7.26. The molecule has 1 heterocycles. The van der Waals surface area contributed by atoms with E-state index in [0.717, 1.165) is 10.9 Å². The van der Waals surface area contributed by atoms with Gasteiger partial charge in [0.2, 0.25) is 0 Å². The average Bonchev–Trinajstić information content (AvgIpc) is 2.91. The van der Waals surface area contributed by atoms with Crippen molar-refractivity contribution >= 4 is 27.7 Å². The molecule has 0 spiro atoms. The third-order valence-electron chi connectivity index (χ3n) is 3.04. The Morgan fingerprint density at radius 3 is 2.32 bits per heavy atom. The lowest BCUT2D eigenvalue weighted by atomic mass is 10.0. The van der Waals surface area contributed by atoms with Crippen molar-refractivity contribution in [2.45, 2.75) is 20.3 Å². The Bertz CT molecular complexity index is 662. The van der Waals surface area contributed by atoms with Crippen LogP contribution in [0.15, 0.2) is 41.0 Å². The van der Waals surface area contributed by atoms with Gasteiger partial charge in [0.1, 0.15) is 5.69 Å². The lowest BCUT2D eigenvalue weighted by molar-refractivity contribution is 0.0844. The number of rotatable bonds is 4. The Kier molecular flexibility index (Phi) is 5.38. The van der Waals surface area contributed by atoms with Crippen LogP contribution < -0.4 is 10.9 Å². The monoisotopic (exact) mass is 363 g/mol. The molecule has 6 heteroatoms. The summed E-state index contributed by atoms with van der Waals surface area (Å²) in [5, 5.41) is 0. The highest BCUT2D eigenvalue weighted by atomic mass is 79.9. The van der Waals surface area contributed by atoms with Gasteiger partial charge in [-0.25, -0.2) is 0 Å². The van der Waals surface area contributed by atoms with E-state index < -0.39 is 5.91 Å². The zero-order valence-corrected chi connectivity index (χ0v) is 14.0. The molecule has 0 aliphatic rings. The predicted molar refractivity (Wildman–Crippen MR) is 88.4 cm³/mol. The van der Waals surface area contributed by atoms with Gasteiger partial charge in [-0.3, -0.25) is 20.4 Å². The highest BCUT2D eigenvalue weighted by molar-refractivity contribution is 9.10. The number of aromatic amines is 1. The molecule has 1 aromatic heterocycles. The fraction of sp³-hybridized carbons (Fsp3) is 0.250. The maximum atomic E-state index is 12.0. The second-order valence-corrected chi connectivity index (χ2v) is 6.35. The molecular formula is C16H18BrN3O2. The van der Waals surface area contributed by atoms with Crippen LogP contribution in [0.25, 0.3) is 0 Å². The minimum atomic E-state index is -0.407. The van der Waals surface area contributed by atoms with Gasteiger partial charge in [0.15, 0.2) is 0 Å². The highest BCUT2D eigenvalue weighted by Crippen LogP contribution is 2.11. The van der Waals surface area contributed by atoms with Gasteiger partial charge < -0.3 is 4.98 Å². The van der Waals surface area contributed by atoms with E-state index in [2.05, 4.69) is 45.6 Å². The summed E-state index contributed by atoms with van der Waals surface area (Å²) in [5.41, 5.74) is 6.81. The number of amides is 2. The number of benzene rings is 1. The van der Waals surface area contributed by atoms with Crippen LogP contribution in [0, 0.1) is 5.92 Å². The number of hydrogen-bond acceptors (Lipinski definition) is 2. The van der Waals surface area contributed by atoms with Crippen molar-refractivity contribution in [3.8, 4) is 0 Å². The van der Waals surface area contributed by atoms with Crippen LogP contribution >= 0.6 is 15.9 Å². The van der Waals surface area contributed by atoms with Crippen molar-refractivity contribution in [1.82, 2.24) is 15.8 Å². The van der Waals surface area contributed by atoms with Crippen molar-refractivity contribution in [3.63, 3.8) is 0 Å². The van der Waals surface area contributed by atoms with E-state index >= 15 is 0 Å². The molecule has 2 aromatic rings. The SMILES string of the molecule is CC(C)Cc1ccc(C(=O)NNC(=O)c2cc(Br)c[nH]2)cc1. The number of aromatic nitrogens is 1. The molecule has 0 saturated carbocycles. The van der Waals surface area contributed by atoms with E-state index in [0.29, 0.717) is 17.2 Å². The van der Waals surface area contributed by atoms with E-state index in [-0.39, 0.29) is 5.91 Å². The molecule has 0 saturated heterocycles. The van der Waals surface area contributed by atoms with Crippen LogP contribution in [-0.2, 0) is 6.42 Å². The average molecular weight is 364 g/mol. The number of carbonyl (C=O) groups excluding carboxylic acids is 2. The summed E-state index contributed by atoms with van der Waals surface area (Å²) in [5.74, 6) is -0.190. The summed E-state index contributed by atoms with van der Waals surface area (Å²) in [6.45, 7) is 4.30. The van der Waals surface area contributed by atoms with E-state index in [1.54, 1.807) is 24.4 Å². The standard InChI is InChI=1S/C16H18BrN3O2/c1-10(2)7-11-3-5-12(6-4-11)15(21)19-20-16(22)14-8-13(17)9-18-14/h3-6,8-10,18H,7H2,1-2H3,(H,19,21)(H,20,22). The molecule has 0 fully saturated rings. The Morgan fingerprint density at radius 2 is 1.77 bits per heavy atom. The first-order valence-electron chi connectivity index (χ1n) is 6.99. The molecule has 0 unspecified atom stereocenters. The van der Waals surface area contributed by atoms with Crippen molar-refractivity contribution < 1.29 is 9.59 Å². The molecule has 3 N–H and O–H groups in total. The van der Waals surface area contributed by atoms with Gasteiger partial charge in [-0.2, -0.15) is 0 Å². The molecule has 0 aliphatic heterocycles. The van der Waals surface area contributed by atoms with Crippen LogP contribution in [0.4, 0.5) is 0 Å². The molecule has 0 radical (unpaired) electrons. The van der Waals surface area contributed by atoms with Crippen molar-refractivity contribution in [1.29, 1.82) is 0 Å². The van der Waals surface area contributed by atoms with Gasteiger partial charge in [-0.05, 0) is 52.0 Å². The summed E-state index contributed by atoms with van der Waals surface area (Å²) < 4.78 is 0.768. The van der Waals surface area contributed by atoms with Gasteiger partial charge in [-0.15, -0.1) is 0 Å². The molecule has 0 aliphatic carbocycles. The largest absolute Gasteiger partial charge is 0.356 e. The predicted octanol–water partition coefficient (Wildman–Crippen LogP) is 3.05. The molecule has 5 nitrogen and oxygen atoms in total. The fourth-order valence-electron chi connectivity index (χ4n) is 2.02. The molecule has 0 bridgehead atoms. The van der Waals surface area contributed by atoms with Gasteiger partial charge in [0, 0.05) is 16.2 Å². The van der Waals surface area contributed by atoms with E-state index in [4.69, 9.17) is 0 Å². The van der Waals surface area contributed by atoms with Crippen LogP contribution in [0.3, 0.4) is 0 Å². The van der Waals surface area contributed by atoms with Gasteiger partial charge in [-0.1, -0.05) is 26.0 Å². The van der Waals surface area contributed by atoms with Crippen molar-refractivity contribution in [2.75, 3.05) is 0 Å². The van der Waals surface area contributed by atoms with Crippen molar-refractivity contribution in [2.24, 2.45) is 5.92 Å². The summed E-state index contributed by atoms with van der Waals surface area (Å²) >= 11 is 3.24. The molecule has 22 heavy (non-hydrogen) atoms. The Morgan fingerprint density at radius 1 is 1.14 bits per heavy atom. The number of carbonyl (C=O) groups is 2. The molecule has 116 valence electrons. The summed E-state index contributed by atoms with van der Waals surface area (Å²) in [6, 6.07) is 8.99. The zero-order chi connectivity index (χ0) is 16.1. The quantitative estimate of drug-likeness (QED) is 0.730. The van der Waals surface area contributed by atoms with Crippen LogP contribution in [0.5, 0.6) is 0 Å². The number of hydrazine groups is 1. The smallest absolute Gasteiger partial charge is 0.286 e. The first kappa shape index (κ1) is 16.3. The minimum Gasteiger partial charge on any atom is -0.356 e. The topological polar surface area (TPSA) is 74.0 Å².